The number of carbonyl (C=O) groups is 2. The highest BCUT2D eigenvalue weighted by atomic mass is 19.1. The van der Waals surface area contributed by atoms with Crippen molar-refractivity contribution in [1.82, 2.24) is 4.90 Å². The van der Waals surface area contributed by atoms with Crippen molar-refractivity contribution >= 4 is 12.1 Å². The van der Waals surface area contributed by atoms with Crippen LogP contribution in [0.3, 0.4) is 0 Å². The lowest BCUT2D eigenvalue weighted by atomic mass is 9.73. The molecule has 0 aromatic heterocycles. The molecule has 20 heavy (non-hydrogen) atoms. The van der Waals surface area contributed by atoms with E-state index >= 15 is 0 Å². The van der Waals surface area contributed by atoms with Gasteiger partial charge in [-0.2, -0.15) is 0 Å². The number of aliphatic carboxylic acids is 1. The third-order valence-corrected chi connectivity index (χ3v) is 3.81. The van der Waals surface area contributed by atoms with E-state index < -0.39 is 28.7 Å². The first-order valence-corrected chi connectivity index (χ1v) is 6.58. The third-order valence-electron chi connectivity index (χ3n) is 3.81. The molecule has 0 bridgehead atoms. The van der Waals surface area contributed by atoms with Crippen LogP contribution < -0.4 is 0 Å². The molecule has 7 heteroatoms. The lowest BCUT2D eigenvalue weighted by Crippen LogP contribution is -2.56. The first-order valence-electron chi connectivity index (χ1n) is 6.58. The van der Waals surface area contributed by atoms with Gasteiger partial charge in [-0.3, -0.25) is 4.79 Å². The second kappa shape index (κ2) is 4.58. The molecule has 0 aromatic carbocycles. The average molecular weight is 289 g/mol. The number of ether oxygens (including phenoxy) is 2. The Morgan fingerprint density at radius 3 is 2.50 bits per heavy atom. The minimum absolute atomic E-state index is 0.0292. The molecule has 6 nitrogen and oxygen atoms in total. The Bertz CT molecular complexity index is 435. The minimum Gasteiger partial charge on any atom is -0.481 e. The van der Waals surface area contributed by atoms with Crippen molar-refractivity contribution in [3.05, 3.63) is 0 Å². The fourth-order valence-corrected chi connectivity index (χ4v) is 2.73. The number of halogens is 1. The van der Waals surface area contributed by atoms with E-state index in [1.54, 1.807) is 20.8 Å². The molecule has 0 radical (unpaired) electrons. The Hall–Kier alpha value is -1.37. The fourth-order valence-electron chi connectivity index (χ4n) is 2.73. The standard InChI is InChI=1S/C13H20FNO5/c1-11(2,3)20-10(18)15-6-12(9(16)17)8-19-5-4-13(12,14)7-15/h4-8H2,1-3H3,(H,16,17)/t12-,13+/m1/s1. The summed E-state index contributed by atoms with van der Waals surface area (Å²) in [6, 6.07) is 0. The van der Waals surface area contributed by atoms with Gasteiger partial charge in [-0.1, -0.05) is 0 Å². The summed E-state index contributed by atoms with van der Waals surface area (Å²) in [6.45, 7) is 4.55. The van der Waals surface area contributed by atoms with Crippen molar-refractivity contribution in [1.29, 1.82) is 0 Å². The summed E-state index contributed by atoms with van der Waals surface area (Å²) in [7, 11) is 0. The summed E-state index contributed by atoms with van der Waals surface area (Å²) < 4.78 is 25.3. The highest BCUT2D eigenvalue weighted by molar-refractivity contribution is 5.80. The highest BCUT2D eigenvalue weighted by Crippen LogP contribution is 2.48. The Kier molecular flexibility index (Phi) is 3.44. The quantitative estimate of drug-likeness (QED) is 0.790. The lowest BCUT2D eigenvalue weighted by molar-refractivity contribution is -0.171. The number of nitrogens with zero attached hydrogens (tertiary/aromatic N) is 1. The van der Waals surface area contributed by atoms with Crippen molar-refractivity contribution in [3.63, 3.8) is 0 Å². The molecule has 0 saturated carbocycles. The van der Waals surface area contributed by atoms with Gasteiger partial charge in [-0.25, -0.2) is 9.18 Å². The van der Waals surface area contributed by atoms with Crippen molar-refractivity contribution in [3.8, 4) is 0 Å². The Morgan fingerprint density at radius 1 is 1.35 bits per heavy atom. The summed E-state index contributed by atoms with van der Waals surface area (Å²) in [6.07, 6.45) is -0.719. The zero-order valence-corrected chi connectivity index (χ0v) is 11.9. The fraction of sp³-hybridized carbons (Fsp3) is 0.846. The normalized spacial score (nSPS) is 33.7. The number of hydrogen-bond donors (Lipinski definition) is 1. The van der Waals surface area contributed by atoms with E-state index in [0.29, 0.717) is 0 Å². The molecule has 1 N–H and O–H groups in total. The molecule has 2 heterocycles. The van der Waals surface area contributed by atoms with E-state index in [1.807, 2.05) is 0 Å². The first-order chi connectivity index (χ1) is 9.10. The second-order valence-corrected chi connectivity index (χ2v) is 6.49. The summed E-state index contributed by atoms with van der Waals surface area (Å²) in [4.78, 5) is 24.7. The maximum Gasteiger partial charge on any atom is 0.410 e. The average Bonchev–Trinajstić information content (AvgIpc) is 2.61. The summed E-state index contributed by atoms with van der Waals surface area (Å²) in [5.41, 5.74) is -4.36. The Balaban J connectivity index is 2.22. The van der Waals surface area contributed by atoms with Crippen molar-refractivity contribution in [2.24, 2.45) is 5.41 Å². The zero-order valence-electron chi connectivity index (χ0n) is 11.9. The van der Waals surface area contributed by atoms with E-state index in [-0.39, 0.29) is 32.7 Å². The smallest absolute Gasteiger partial charge is 0.410 e. The molecule has 0 spiro atoms. The Morgan fingerprint density at radius 2 is 2.00 bits per heavy atom. The van der Waals surface area contributed by atoms with Crippen LogP contribution in [-0.2, 0) is 14.3 Å². The van der Waals surface area contributed by atoms with E-state index in [1.165, 1.54) is 0 Å². The van der Waals surface area contributed by atoms with Gasteiger partial charge in [-0.15, -0.1) is 0 Å². The number of hydrogen-bond acceptors (Lipinski definition) is 4. The van der Waals surface area contributed by atoms with Gasteiger partial charge in [0.25, 0.3) is 0 Å². The van der Waals surface area contributed by atoms with E-state index in [0.717, 1.165) is 4.90 Å². The molecule has 2 rings (SSSR count). The molecule has 2 aliphatic heterocycles. The predicted octanol–water partition coefficient (Wildman–Crippen LogP) is 1.44. The van der Waals surface area contributed by atoms with Crippen molar-refractivity contribution in [2.45, 2.75) is 38.5 Å². The van der Waals surface area contributed by atoms with Crippen LogP contribution in [0.4, 0.5) is 9.18 Å². The molecule has 0 aliphatic carbocycles. The number of rotatable bonds is 1. The minimum atomic E-state index is -1.96. The van der Waals surface area contributed by atoms with Gasteiger partial charge in [0.15, 0.2) is 5.67 Å². The summed E-state index contributed by atoms with van der Waals surface area (Å²) >= 11 is 0. The van der Waals surface area contributed by atoms with Crippen LogP contribution in [-0.4, -0.2) is 59.6 Å². The van der Waals surface area contributed by atoms with Gasteiger partial charge in [0.05, 0.1) is 13.2 Å². The maximum absolute atomic E-state index is 15.0. The maximum atomic E-state index is 15.0. The number of alkyl halides is 1. The number of fused-ring (bicyclic) bond motifs is 1. The molecular weight excluding hydrogens is 269 g/mol. The summed E-state index contributed by atoms with van der Waals surface area (Å²) in [5, 5.41) is 9.40. The largest absolute Gasteiger partial charge is 0.481 e. The van der Waals surface area contributed by atoms with Gasteiger partial charge in [0, 0.05) is 19.6 Å². The van der Waals surface area contributed by atoms with Gasteiger partial charge < -0.3 is 19.5 Å². The van der Waals surface area contributed by atoms with E-state index in [2.05, 4.69) is 0 Å². The number of likely N-dealkylation sites (tertiary alicyclic amines) is 1. The van der Waals surface area contributed by atoms with Crippen LogP contribution in [0.2, 0.25) is 0 Å². The molecule has 0 unspecified atom stereocenters. The molecular formula is C13H20FNO5. The molecule has 2 atom stereocenters. The number of amides is 1. The van der Waals surface area contributed by atoms with E-state index in [9.17, 15) is 19.1 Å². The first kappa shape index (κ1) is 15.0. The molecule has 2 aliphatic rings. The van der Waals surface area contributed by atoms with Gasteiger partial charge in [0.1, 0.15) is 11.0 Å². The highest BCUT2D eigenvalue weighted by Gasteiger charge is 2.66. The molecule has 2 saturated heterocycles. The zero-order chi connectivity index (χ0) is 15.2. The van der Waals surface area contributed by atoms with Crippen LogP contribution in [0.1, 0.15) is 27.2 Å². The lowest BCUT2D eigenvalue weighted by Gasteiger charge is -2.38. The topological polar surface area (TPSA) is 76.1 Å². The van der Waals surface area contributed by atoms with Gasteiger partial charge in [0.2, 0.25) is 0 Å². The second-order valence-electron chi connectivity index (χ2n) is 6.49. The van der Waals surface area contributed by atoms with Crippen molar-refractivity contribution < 1.29 is 28.6 Å². The van der Waals surface area contributed by atoms with Crippen molar-refractivity contribution in [2.75, 3.05) is 26.3 Å². The molecule has 2 fully saturated rings. The van der Waals surface area contributed by atoms with Crippen LogP contribution >= 0.6 is 0 Å². The van der Waals surface area contributed by atoms with Crippen LogP contribution in [0.5, 0.6) is 0 Å². The Labute approximate surface area is 116 Å². The molecule has 1 amide bonds. The van der Waals surface area contributed by atoms with Gasteiger partial charge in [-0.05, 0) is 20.8 Å². The predicted molar refractivity (Wildman–Crippen MR) is 67.2 cm³/mol. The van der Waals surface area contributed by atoms with Crippen LogP contribution in [0.25, 0.3) is 0 Å². The molecule has 114 valence electrons. The van der Waals surface area contributed by atoms with Gasteiger partial charge >= 0.3 is 12.1 Å². The summed E-state index contributed by atoms with van der Waals surface area (Å²) in [5.74, 6) is -1.27. The SMILES string of the molecule is CC(C)(C)OC(=O)N1C[C@@]2(F)CCOC[C@@]2(C(=O)O)C1. The van der Waals surface area contributed by atoms with Crippen LogP contribution in [0, 0.1) is 5.41 Å². The monoisotopic (exact) mass is 289 g/mol. The third kappa shape index (κ3) is 2.34. The number of carbonyl (C=O) groups excluding carboxylic acids is 1. The number of carboxylic acids is 1. The molecule has 0 aromatic rings. The van der Waals surface area contributed by atoms with E-state index in [4.69, 9.17) is 9.47 Å². The number of carboxylic acid groups (broad SMARTS) is 1. The van der Waals surface area contributed by atoms with Crippen LogP contribution in [0.15, 0.2) is 0 Å².